The van der Waals surface area contributed by atoms with Gasteiger partial charge >= 0.3 is 0 Å². The number of benzene rings is 2. The Bertz CT molecular complexity index is 748. The van der Waals surface area contributed by atoms with Crippen molar-refractivity contribution in [3.05, 3.63) is 69.2 Å². The lowest BCUT2D eigenvalue weighted by Gasteiger charge is -2.19. The molecular weight excluding hydrogens is 353 g/mol. The maximum absolute atomic E-state index is 12.5. The number of halogens is 2. The van der Waals surface area contributed by atoms with Gasteiger partial charge in [0.25, 0.3) is 0 Å². The number of amides is 1. The van der Waals surface area contributed by atoms with Gasteiger partial charge in [-0.1, -0.05) is 75.2 Å². The summed E-state index contributed by atoms with van der Waals surface area (Å²) in [6.07, 6.45) is 3.11. The van der Waals surface area contributed by atoms with Gasteiger partial charge in [0.2, 0.25) is 5.91 Å². The number of carbonyl (C=O) groups is 1. The number of carbonyl (C=O) groups excluding carboxylic acids is 1. The molecule has 0 saturated carbocycles. The summed E-state index contributed by atoms with van der Waals surface area (Å²) in [7, 11) is 0. The summed E-state index contributed by atoms with van der Waals surface area (Å²) in [6, 6.07) is 11.4. The van der Waals surface area contributed by atoms with E-state index in [0.717, 1.165) is 16.8 Å². The summed E-state index contributed by atoms with van der Waals surface area (Å²) < 4.78 is 0. The fraction of sp³-hybridized carbons (Fsp3) is 0.286. The fourth-order valence-corrected chi connectivity index (χ4v) is 3.21. The molecule has 0 aliphatic heterocycles. The van der Waals surface area contributed by atoms with Crippen LogP contribution >= 0.6 is 23.2 Å². The molecule has 0 aliphatic rings. The summed E-state index contributed by atoms with van der Waals surface area (Å²) in [5.74, 6) is 0.429. The van der Waals surface area contributed by atoms with Crippen LogP contribution in [0.3, 0.4) is 0 Å². The lowest BCUT2D eigenvalue weighted by Crippen LogP contribution is -2.13. The zero-order chi connectivity index (χ0) is 18.6. The Morgan fingerprint density at radius 1 is 0.920 bits per heavy atom. The summed E-state index contributed by atoms with van der Waals surface area (Å²) in [6.45, 7) is 8.48. The number of rotatable bonds is 5. The van der Waals surface area contributed by atoms with E-state index in [9.17, 15) is 4.79 Å². The minimum atomic E-state index is -0.203. The molecule has 0 aliphatic carbocycles. The Morgan fingerprint density at radius 2 is 1.40 bits per heavy atom. The van der Waals surface area contributed by atoms with E-state index >= 15 is 0 Å². The Hall–Kier alpha value is -1.77. The van der Waals surface area contributed by atoms with Crippen molar-refractivity contribution >= 4 is 40.9 Å². The molecule has 1 amide bonds. The minimum Gasteiger partial charge on any atom is -0.322 e. The lowest BCUT2D eigenvalue weighted by molar-refractivity contribution is -0.111. The van der Waals surface area contributed by atoms with Gasteiger partial charge in [0.1, 0.15) is 0 Å². The minimum absolute atomic E-state index is 0.203. The van der Waals surface area contributed by atoms with E-state index in [1.807, 2.05) is 6.07 Å². The predicted molar refractivity (Wildman–Crippen MR) is 109 cm³/mol. The molecule has 1 N–H and O–H groups in total. The monoisotopic (exact) mass is 375 g/mol. The third-order valence-electron chi connectivity index (χ3n) is 4.02. The quantitative estimate of drug-likeness (QED) is 0.566. The van der Waals surface area contributed by atoms with E-state index in [0.29, 0.717) is 27.4 Å². The first kappa shape index (κ1) is 19.6. The molecule has 0 radical (unpaired) electrons. The number of anilines is 1. The first-order valence-corrected chi connectivity index (χ1v) is 9.12. The normalized spacial score (nSPS) is 11.5. The van der Waals surface area contributed by atoms with Crippen molar-refractivity contribution in [3.8, 4) is 0 Å². The van der Waals surface area contributed by atoms with Gasteiger partial charge in [-0.15, -0.1) is 0 Å². The van der Waals surface area contributed by atoms with Crippen LogP contribution in [0.5, 0.6) is 0 Å². The van der Waals surface area contributed by atoms with Gasteiger partial charge in [-0.2, -0.15) is 0 Å². The Kier molecular flexibility index (Phi) is 6.69. The lowest BCUT2D eigenvalue weighted by atomic mass is 9.92. The highest BCUT2D eigenvalue weighted by atomic mass is 35.5. The molecule has 0 heterocycles. The smallest absolute Gasteiger partial charge is 0.248 e. The predicted octanol–water partition coefficient (Wildman–Crippen LogP) is 6.89. The van der Waals surface area contributed by atoms with E-state index < -0.39 is 0 Å². The fourth-order valence-electron chi connectivity index (χ4n) is 2.69. The molecule has 2 nitrogen and oxygen atoms in total. The van der Waals surface area contributed by atoms with Crippen LogP contribution in [0, 0.1) is 0 Å². The Labute approximate surface area is 159 Å². The van der Waals surface area contributed by atoms with Crippen LogP contribution in [0.2, 0.25) is 10.0 Å². The van der Waals surface area contributed by atoms with Crippen LogP contribution in [-0.2, 0) is 4.79 Å². The zero-order valence-electron chi connectivity index (χ0n) is 14.9. The zero-order valence-corrected chi connectivity index (χ0v) is 16.4. The summed E-state index contributed by atoms with van der Waals surface area (Å²) in [5, 5.41) is 4.07. The number of nitrogens with one attached hydrogen (secondary N) is 1. The largest absolute Gasteiger partial charge is 0.322 e. The van der Waals surface area contributed by atoms with Crippen LogP contribution in [0.1, 0.15) is 56.2 Å². The number of para-hydroxylation sites is 1. The second-order valence-corrected chi connectivity index (χ2v) is 7.39. The van der Waals surface area contributed by atoms with Crippen LogP contribution in [0.15, 0.2) is 42.5 Å². The van der Waals surface area contributed by atoms with Gasteiger partial charge in [-0.3, -0.25) is 4.79 Å². The van der Waals surface area contributed by atoms with E-state index in [1.54, 1.807) is 24.3 Å². The van der Waals surface area contributed by atoms with Crippen molar-refractivity contribution in [2.45, 2.75) is 39.5 Å². The van der Waals surface area contributed by atoms with Gasteiger partial charge < -0.3 is 5.32 Å². The highest BCUT2D eigenvalue weighted by molar-refractivity contribution is 6.37. The second kappa shape index (κ2) is 8.55. The molecule has 0 fully saturated rings. The first-order chi connectivity index (χ1) is 11.8. The summed E-state index contributed by atoms with van der Waals surface area (Å²) in [5.41, 5.74) is 3.79. The third-order valence-corrected chi connectivity index (χ3v) is 4.68. The molecule has 2 rings (SSSR count). The van der Waals surface area contributed by atoms with E-state index in [2.05, 4.69) is 45.1 Å². The molecule has 0 aromatic heterocycles. The average Bonchev–Trinajstić information content (AvgIpc) is 2.54. The number of hydrogen-bond donors (Lipinski definition) is 1. The van der Waals surface area contributed by atoms with Crippen molar-refractivity contribution in [2.24, 2.45) is 0 Å². The van der Waals surface area contributed by atoms with Crippen molar-refractivity contribution < 1.29 is 4.79 Å². The topological polar surface area (TPSA) is 29.1 Å². The maximum Gasteiger partial charge on any atom is 0.248 e. The molecule has 2 aromatic rings. The molecule has 0 spiro atoms. The third kappa shape index (κ3) is 4.87. The van der Waals surface area contributed by atoms with Crippen LogP contribution in [0.25, 0.3) is 6.08 Å². The number of hydrogen-bond acceptors (Lipinski definition) is 1. The Balaban J connectivity index is 2.30. The Morgan fingerprint density at radius 3 is 1.88 bits per heavy atom. The van der Waals surface area contributed by atoms with Crippen molar-refractivity contribution in [3.63, 3.8) is 0 Å². The summed E-state index contributed by atoms with van der Waals surface area (Å²) in [4.78, 5) is 12.5. The molecule has 0 unspecified atom stereocenters. The van der Waals surface area contributed by atoms with Crippen LogP contribution in [0.4, 0.5) is 5.69 Å². The molecular formula is C21H23Cl2NO. The van der Waals surface area contributed by atoms with Crippen LogP contribution in [-0.4, -0.2) is 5.91 Å². The van der Waals surface area contributed by atoms with Crippen molar-refractivity contribution in [2.75, 3.05) is 5.32 Å². The van der Waals surface area contributed by atoms with Gasteiger partial charge in [-0.25, -0.2) is 0 Å². The molecule has 0 atom stereocenters. The van der Waals surface area contributed by atoms with E-state index in [4.69, 9.17) is 23.2 Å². The molecule has 0 bridgehead atoms. The maximum atomic E-state index is 12.5. The van der Waals surface area contributed by atoms with Gasteiger partial charge in [0.05, 0.1) is 0 Å². The average molecular weight is 376 g/mol. The molecule has 4 heteroatoms. The van der Waals surface area contributed by atoms with Crippen molar-refractivity contribution in [1.29, 1.82) is 0 Å². The van der Waals surface area contributed by atoms with Crippen molar-refractivity contribution in [1.82, 2.24) is 0 Å². The van der Waals surface area contributed by atoms with Crippen LogP contribution < -0.4 is 5.32 Å². The molecule has 2 aromatic carbocycles. The molecule has 0 saturated heterocycles. The second-order valence-electron chi connectivity index (χ2n) is 6.58. The van der Waals surface area contributed by atoms with Gasteiger partial charge in [-0.05, 0) is 41.2 Å². The standard InChI is InChI=1S/C21H23Cl2NO/c1-13(2)15-7-5-8-16(14(3)4)21(15)24-20(25)12-11-17-18(22)9-6-10-19(17)23/h5-14H,1-4H3,(H,24,25)/b12-11+. The van der Waals surface area contributed by atoms with Gasteiger partial charge in [0.15, 0.2) is 0 Å². The molecule has 132 valence electrons. The highest BCUT2D eigenvalue weighted by Crippen LogP contribution is 2.32. The van der Waals surface area contributed by atoms with Gasteiger partial charge in [0, 0.05) is 27.4 Å². The van der Waals surface area contributed by atoms with E-state index in [-0.39, 0.29) is 5.91 Å². The highest BCUT2D eigenvalue weighted by Gasteiger charge is 2.15. The first-order valence-electron chi connectivity index (χ1n) is 8.37. The summed E-state index contributed by atoms with van der Waals surface area (Å²) >= 11 is 12.3. The van der Waals surface area contributed by atoms with E-state index in [1.165, 1.54) is 6.08 Å². The molecule has 25 heavy (non-hydrogen) atoms. The SMILES string of the molecule is CC(C)c1cccc(C(C)C)c1NC(=O)/C=C/c1c(Cl)cccc1Cl.